The first-order chi connectivity index (χ1) is 8.51. The Labute approximate surface area is 107 Å². The minimum Gasteiger partial charge on any atom is -0.310 e. The third-order valence-electron chi connectivity index (χ3n) is 3.23. The van der Waals surface area contributed by atoms with Gasteiger partial charge in [0.15, 0.2) is 0 Å². The van der Waals surface area contributed by atoms with E-state index in [1.807, 2.05) is 0 Å². The molecule has 1 aromatic heterocycles. The molecule has 0 radical (unpaired) electrons. The lowest BCUT2D eigenvalue weighted by molar-refractivity contribution is 0.458. The molecule has 0 saturated carbocycles. The Kier molecular flexibility index (Phi) is 5.34. The summed E-state index contributed by atoms with van der Waals surface area (Å²) in [6.45, 7) is 4.79. The van der Waals surface area contributed by atoms with Crippen LogP contribution >= 0.6 is 0 Å². The number of aryl methyl sites for hydroxylation is 1. The molecule has 1 heterocycles. The highest BCUT2D eigenvalue weighted by Crippen LogP contribution is 2.01. The molecule has 0 aliphatic heterocycles. The first-order valence-corrected chi connectivity index (χ1v) is 6.50. The zero-order valence-corrected chi connectivity index (χ0v) is 11.7. The number of nitrogens with one attached hydrogen (secondary N) is 1. The van der Waals surface area contributed by atoms with Crippen molar-refractivity contribution in [3.8, 4) is 0 Å². The second-order valence-electron chi connectivity index (χ2n) is 4.69. The van der Waals surface area contributed by atoms with Crippen LogP contribution in [0.4, 0.5) is 0 Å². The first-order valence-electron chi connectivity index (χ1n) is 6.50. The van der Waals surface area contributed by atoms with Crippen molar-refractivity contribution in [2.24, 2.45) is 14.1 Å². The summed E-state index contributed by atoms with van der Waals surface area (Å²) in [7, 11) is 3.17. The van der Waals surface area contributed by atoms with Crippen molar-refractivity contribution in [3.05, 3.63) is 32.6 Å². The van der Waals surface area contributed by atoms with Crippen LogP contribution in [0.5, 0.6) is 0 Å². The molecule has 0 spiro atoms. The second kappa shape index (κ2) is 6.54. The molecule has 5 nitrogen and oxygen atoms in total. The van der Waals surface area contributed by atoms with Crippen LogP contribution in [0.15, 0.2) is 15.8 Å². The van der Waals surface area contributed by atoms with Gasteiger partial charge < -0.3 is 9.88 Å². The third kappa shape index (κ3) is 3.32. The highest BCUT2D eigenvalue weighted by atomic mass is 16.2. The minimum atomic E-state index is -0.288. The van der Waals surface area contributed by atoms with Crippen molar-refractivity contribution in [3.63, 3.8) is 0 Å². The monoisotopic (exact) mass is 253 g/mol. The summed E-state index contributed by atoms with van der Waals surface area (Å²) in [6, 6.07) is 0.428. The zero-order valence-electron chi connectivity index (χ0n) is 11.7. The lowest BCUT2D eigenvalue weighted by Crippen LogP contribution is -2.40. The van der Waals surface area contributed by atoms with Gasteiger partial charge in [0.25, 0.3) is 5.56 Å². The molecule has 1 aromatic rings. The topological polar surface area (TPSA) is 56.0 Å². The fraction of sp³-hybridized carbons (Fsp3) is 0.692. The maximum Gasteiger partial charge on any atom is 0.330 e. The standard InChI is InChI=1S/C13H23N3O2/c1-5-7-11(6-2)14-8-10-9-15(3)13(18)16(4)12(10)17/h9,11,14H,5-8H2,1-4H3. The molecule has 1 atom stereocenters. The third-order valence-corrected chi connectivity index (χ3v) is 3.23. The van der Waals surface area contributed by atoms with Crippen LogP contribution < -0.4 is 16.6 Å². The summed E-state index contributed by atoms with van der Waals surface area (Å²) in [6.07, 6.45) is 4.88. The molecule has 0 bridgehead atoms. The lowest BCUT2D eigenvalue weighted by atomic mass is 10.1. The van der Waals surface area contributed by atoms with Gasteiger partial charge in [-0.25, -0.2) is 4.79 Å². The average Bonchev–Trinajstić information content (AvgIpc) is 2.37. The Hall–Kier alpha value is -1.36. The normalized spacial score (nSPS) is 12.7. The van der Waals surface area contributed by atoms with Gasteiger partial charge in [0.05, 0.1) is 0 Å². The molecule has 0 aliphatic rings. The van der Waals surface area contributed by atoms with Crippen LogP contribution in [0.3, 0.4) is 0 Å². The van der Waals surface area contributed by atoms with E-state index < -0.39 is 0 Å². The Morgan fingerprint density at radius 2 is 1.94 bits per heavy atom. The van der Waals surface area contributed by atoms with Gasteiger partial charge in [0, 0.05) is 38.4 Å². The molecule has 5 heteroatoms. The van der Waals surface area contributed by atoms with E-state index in [9.17, 15) is 9.59 Å². The first kappa shape index (κ1) is 14.7. The van der Waals surface area contributed by atoms with Crippen molar-refractivity contribution in [1.29, 1.82) is 0 Å². The van der Waals surface area contributed by atoms with Gasteiger partial charge in [-0.2, -0.15) is 0 Å². The van der Waals surface area contributed by atoms with Gasteiger partial charge in [-0.15, -0.1) is 0 Å². The summed E-state index contributed by atoms with van der Waals surface area (Å²) in [5.41, 5.74) is 0.135. The molecule has 102 valence electrons. The zero-order chi connectivity index (χ0) is 13.7. The molecule has 1 rings (SSSR count). The molecule has 0 fully saturated rings. The van der Waals surface area contributed by atoms with Gasteiger partial charge in [-0.1, -0.05) is 20.3 Å². The smallest absolute Gasteiger partial charge is 0.310 e. The quantitative estimate of drug-likeness (QED) is 0.814. The van der Waals surface area contributed by atoms with E-state index in [1.165, 1.54) is 11.6 Å². The molecule has 0 saturated heterocycles. The van der Waals surface area contributed by atoms with E-state index in [4.69, 9.17) is 0 Å². The van der Waals surface area contributed by atoms with Crippen LogP contribution in [-0.2, 0) is 20.6 Å². The molecule has 1 N–H and O–H groups in total. The van der Waals surface area contributed by atoms with E-state index in [0.29, 0.717) is 18.2 Å². The van der Waals surface area contributed by atoms with Crippen molar-refractivity contribution >= 4 is 0 Å². The number of nitrogens with zero attached hydrogens (tertiary/aromatic N) is 2. The highest BCUT2D eigenvalue weighted by molar-refractivity contribution is 5.05. The molecule has 18 heavy (non-hydrogen) atoms. The summed E-state index contributed by atoms with van der Waals surface area (Å²) >= 11 is 0. The maximum atomic E-state index is 11.9. The van der Waals surface area contributed by atoms with Gasteiger partial charge in [-0.05, 0) is 12.8 Å². The van der Waals surface area contributed by atoms with Gasteiger partial charge >= 0.3 is 5.69 Å². The van der Waals surface area contributed by atoms with Crippen LogP contribution in [-0.4, -0.2) is 15.2 Å². The van der Waals surface area contributed by atoms with Crippen molar-refractivity contribution in [2.75, 3.05) is 0 Å². The van der Waals surface area contributed by atoms with E-state index in [-0.39, 0.29) is 11.2 Å². The largest absolute Gasteiger partial charge is 0.330 e. The van der Waals surface area contributed by atoms with E-state index in [2.05, 4.69) is 19.2 Å². The van der Waals surface area contributed by atoms with E-state index >= 15 is 0 Å². The Morgan fingerprint density at radius 3 is 2.50 bits per heavy atom. The fourth-order valence-corrected chi connectivity index (χ4v) is 2.06. The van der Waals surface area contributed by atoms with Crippen LogP contribution in [0.2, 0.25) is 0 Å². The average molecular weight is 253 g/mol. The number of hydrogen-bond donors (Lipinski definition) is 1. The van der Waals surface area contributed by atoms with Gasteiger partial charge in [0.2, 0.25) is 0 Å². The number of aromatic nitrogens is 2. The molecule has 0 aliphatic carbocycles. The predicted octanol–water partition coefficient (Wildman–Crippen LogP) is 0.752. The van der Waals surface area contributed by atoms with E-state index in [1.54, 1.807) is 13.2 Å². The molecular formula is C13H23N3O2. The maximum absolute atomic E-state index is 11.9. The lowest BCUT2D eigenvalue weighted by Gasteiger charge is -2.16. The predicted molar refractivity (Wildman–Crippen MR) is 72.8 cm³/mol. The molecule has 0 aromatic carbocycles. The summed E-state index contributed by atoms with van der Waals surface area (Å²) in [4.78, 5) is 23.5. The summed E-state index contributed by atoms with van der Waals surface area (Å²) < 4.78 is 2.59. The Bertz CT molecular complexity index is 502. The van der Waals surface area contributed by atoms with Crippen molar-refractivity contribution in [2.45, 2.75) is 45.7 Å². The van der Waals surface area contributed by atoms with Crippen LogP contribution in [0, 0.1) is 0 Å². The van der Waals surface area contributed by atoms with Crippen LogP contribution in [0.25, 0.3) is 0 Å². The van der Waals surface area contributed by atoms with Gasteiger partial charge in [0.1, 0.15) is 0 Å². The molecule has 1 unspecified atom stereocenters. The SMILES string of the molecule is CCCC(CC)NCc1cn(C)c(=O)n(C)c1=O. The summed E-state index contributed by atoms with van der Waals surface area (Å²) in [5.74, 6) is 0. The van der Waals surface area contributed by atoms with E-state index in [0.717, 1.165) is 23.8 Å². The minimum absolute atomic E-state index is 0.211. The summed E-state index contributed by atoms with van der Waals surface area (Å²) in [5, 5.41) is 3.37. The Balaban J connectivity index is 2.86. The number of hydrogen-bond acceptors (Lipinski definition) is 3. The Morgan fingerprint density at radius 1 is 1.28 bits per heavy atom. The van der Waals surface area contributed by atoms with Crippen LogP contribution in [0.1, 0.15) is 38.7 Å². The highest BCUT2D eigenvalue weighted by Gasteiger charge is 2.09. The van der Waals surface area contributed by atoms with Crippen molar-refractivity contribution < 1.29 is 0 Å². The second-order valence-corrected chi connectivity index (χ2v) is 4.69. The van der Waals surface area contributed by atoms with Crippen molar-refractivity contribution in [1.82, 2.24) is 14.5 Å². The molecule has 0 amide bonds. The molecular weight excluding hydrogens is 230 g/mol. The van der Waals surface area contributed by atoms with Gasteiger partial charge in [-0.3, -0.25) is 9.36 Å². The fourth-order valence-electron chi connectivity index (χ4n) is 2.06. The number of rotatable bonds is 6.